The molecule has 0 aromatic heterocycles. The van der Waals surface area contributed by atoms with Gasteiger partial charge in [-0.15, -0.1) is 0 Å². The van der Waals surface area contributed by atoms with Gasteiger partial charge < -0.3 is 9.47 Å². The van der Waals surface area contributed by atoms with Gasteiger partial charge in [-0.3, -0.25) is 10.1 Å². The third kappa shape index (κ3) is 5.28. The van der Waals surface area contributed by atoms with Crippen LogP contribution in [-0.4, -0.2) is 22.8 Å². The summed E-state index contributed by atoms with van der Waals surface area (Å²) >= 11 is 10.2. The maximum atomic E-state index is 12.4. The Morgan fingerprint density at radius 2 is 1.76 bits per heavy atom. The molecule has 0 atom stereocenters. The average Bonchev–Trinajstić information content (AvgIpc) is 3.16. The van der Waals surface area contributed by atoms with Crippen molar-refractivity contribution >= 4 is 86.4 Å². The number of esters is 2. The molecule has 0 unspecified atom stereocenters. The van der Waals surface area contributed by atoms with Gasteiger partial charge >= 0.3 is 11.9 Å². The number of non-ortho nitro benzene ring substituents is 1. The number of ether oxygens (including phenoxy) is 2. The molecule has 0 saturated heterocycles. The highest BCUT2D eigenvalue weighted by molar-refractivity contribution is 14.1. The quantitative estimate of drug-likeness (QED) is 0.0805. The van der Waals surface area contributed by atoms with Gasteiger partial charge in [0.05, 0.1) is 28.2 Å². The summed E-state index contributed by atoms with van der Waals surface area (Å²) in [6, 6.07) is 15.9. The summed E-state index contributed by atoms with van der Waals surface area (Å²) in [4.78, 5) is 39.3. The van der Waals surface area contributed by atoms with Gasteiger partial charge in [0.25, 0.3) is 5.69 Å². The zero-order chi connectivity index (χ0) is 24.4. The number of nitro groups is 1. The van der Waals surface area contributed by atoms with Crippen LogP contribution in [0.5, 0.6) is 5.75 Å². The Hall–Kier alpha value is -2.84. The van der Waals surface area contributed by atoms with Crippen LogP contribution in [0.1, 0.15) is 21.5 Å². The van der Waals surface area contributed by atoms with Crippen LogP contribution < -0.4 is 4.74 Å². The van der Waals surface area contributed by atoms with Gasteiger partial charge in [0.15, 0.2) is 11.4 Å². The van der Waals surface area contributed by atoms with Crippen molar-refractivity contribution in [3.05, 3.63) is 105 Å². The summed E-state index contributed by atoms with van der Waals surface area (Å²) in [7, 11) is 0. The monoisotopic (exact) mass is 700 g/mol. The predicted molar refractivity (Wildman–Crippen MR) is 142 cm³/mol. The SMILES string of the molecule is O=C1OC(c2ccc([N+](=O)[O-])cc2Cl)=N/C1=C\c1cc(I)c(OC(=O)c2ccccc2)c(I)c1. The number of rotatable bonds is 5. The van der Waals surface area contributed by atoms with Gasteiger partial charge in [0, 0.05) is 12.1 Å². The second kappa shape index (κ2) is 10.2. The van der Waals surface area contributed by atoms with Crippen molar-refractivity contribution in [3.8, 4) is 5.75 Å². The molecular formula is C23H11ClI2N2O6. The van der Waals surface area contributed by atoms with E-state index >= 15 is 0 Å². The van der Waals surface area contributed by atoms with Gasteiger partial charge in [-0.2, -0.15) is 0 Å². The maximum absolute atomic E-state index is 12.4. The van der Waals surface area contributed by atoms with E-state index in [1.807, 2.05) is 51.2 Å². The molecule has 1 aliphatic heterocycles. The summed E-state index contributed by atoms with van der Waals surface area (Å²) in [6.07, 6.45) is 1.53. The summed E-state index contributed by atoms with van der Waals surface area (Å²) < 4.78 is 12.1. The first-order valence-electron chi connectivity index (χ1n) is 9.46. The summed E-state index contributed by atoms with van der Waals surface area (Å²) in [6.45, 7) is 0. The van der Waals surface area contributed by atoms with Crippen molar-refractivity contribution in [2.24, 2.45) is 4.99 Å². The second-order valence-corrected chi connectivity index (χ2v) is 9.56. The van der Waals surface area contributed by atoms with Crippen LogP contribution in [0.15, 0.2) is 71.4 Å². The van der Waals surface area contributed by atoms with Gasteiger partial charge in [0.2, 0.25) is 5.90 Å². The minimum Gasteiger partial charge on any atom is -0.421 e. The van der Waals surface area contributed by atoms with E-state index in [1.54, 1.807) is 36.4 Å². The molecule has 34 heavy (non-hydrogen) atoms. The van der Waals surface area contributed by atoms with E-state index in [9.17, 15) is 19.7 Å². The fourth-order valence-corrected chi connectivity index (χ4v) is 5.25. The second-order valence-electron chi connectivity index (χ2n) is 6.83. The Labute approximate surface area is 225 Å². The fourth-order valence-electron chi connectivity index (χ4n) is 2.96. The van der Waals surface area contributed by atoms with Crippen LogP contribution in [0.2, 0.25) is 5.02 Å². The Morgan fingerprint density at radius 3 is 2.38 bits per heavy atom. The largest absolute Gasteiger partial charge is 0.421 e. The molecule has 0 bridgehead atoms. The number of nitrogens with zero attached hydrogens (tertiary/aromatic N) is 2. The highest BCUT2D eigenvalue weighted by Gasteiger charge is 2.27. The summed E-state index contributed by atoms with van der Waals surface area (Å²) in [5.74, 6) is -0.799. The zero-order valence-corrected chi connectivity index (χ0v) is 21.9. The molecule has 170 valence electrons. The summed E-state index contributed by atoms with van der Waals surface area (Å²) in [5.41, 5.74) is 1.17. The number of hydrogen-bond donors (Lipinski definition) is 0. The van der Waals surface area contributed by atoms with Crippen molar-refractivity contribution in [1.82, 2.24) is 0 Å². The Kier molecular flexibility index (Phi) is 7.28. The molecule has 0 N–H and O–H groups in total. The minimum atomic E-state index is -0.686. The highest BCUT2D eigenvalue weighted by atomic mass is 127. The Morgan fingerprint density at radius 1 is 1.09 bits per heavy atom. The van der Waals surface area contributed by atoms with E-state index < -0.39 is 16.9 Å². The topological polar surface area (TPSA) is 108 Å². The van der Waals surface area contributed by atoms with Crippen LogP contribution in [0.3, 0.4) is 0 Å². The zero-order valence-electron chi connectivity index (χ0n) is 16.8. The number of nitro benzene ring substituents is 1. The molecule has 0 aliphatic carbocycles. The van der Waals surface area contributed by atoms with E-state index in [2.05, 4.69) is 4.99 Å². The number of hydrogen-bond acceptors (Lipinski definition) is 7. The highest BCUT2D eigenvalue weighted by Crippen LogP contribution is 2.32. The first-order chi connectivity index (χ1) is 16.2. The van der Waals surface area contributed by atoms with Crippen molar-refractivity contribution in [2.75, 3.05) is 0 Å². The molecule has 8 nitrogen and oxygen atoms in total. The van der Waals surface area contributed by atoms with Crippen LogP contribution >= 0.6 is 56.8 Å². The molecule has 4 rings (SSSR count). The molecule has 3 aromatic carbocycles. The summed E-state index contributed by atoms with van der Waals surface area (Å²) in [5, 5.41) is 10.9. The molecule has 0 amide bonds. The van der Waals surface area contributed by atoms with E-state index in [1.165, 1.54) is 18.2 Å². The standard InChI is InChI=1S/C23H11ClI2N2O6/c24-16-11-14(28(31)32)6-7-15(16)21-27-19(23(30)34-21)10-12-8-17(25)20(18(26)9-12)33-22(29)13-4-2-1-3-5-13/h1-11H/b19-10-. The number of aliphatic imine (C=N–C) groups is 1. The van der Waals surface area contributed by atoms with Gasteiger partial charge in [-0.05, 0) is 87.2 Å². The number of carbonyl (C=O) groups excluding carboxylic acids is 2. The van der Waals surface area contributed by atoms with Crippen LogP contribution in [-0.2, 0) is 9.53 Å². The molecule has 1 heterocycles. The normalized spacial score (nSPS) is 14.0. The molecular weight excluding hydrogens is 690 g/mol. The van der Waals surface area contributed by atoms with Gasteiger partial charge in [-0.1, -0.05) is 29.8 Å². The van der Waals surface area contributed by atoms with Crippen LogP contribution in [0, 0.1) is 17.3 Å². The molecule has 0 fully saturated rings. The van der Waals surface area contributed by atoms with Gasteiger partial charge in [-0.25, -0.2) is 14.6 Å². The molecule has 0 saturated carbocycles. The molecule has 0 radical (unpaired) electrons. The number of cyclic esters (lactones) is 1. The third-order valence-electron chi connectivity index (χ3n) is 4.54. The van der Waals surface area contributed by atoms with Crippen molar-refractivity contribution < 1.29 is 24.0 Å². The molecule has 0 spiro atoms. The van der Waals surface area contributed by atoms with E-state index in [0.717, 1.165) is 6.07 Å². The number of carbonyl (C=O) groups is 2. The van der Waals surface area contributed by atoms with E-state index in [0.29, 0.717) is 24.0 Å². The lowest BCUT2D eigenvalue weighted by Crippen LogP contribution is -2.10. The first kappa shape index (κ1) is 24.3. The van der Waals surface area contributed by atoms with Crippen LogP contribution in [0.25, 0.3) is 6.08 Å². The number of benzene rings is 3. The minimum absolute atomic E-state index is 0.0325. The predicted octanol–water partition coefficient (Wildman–Crippen LogP) is 6.02. The lowest BCUT2D eigenvalue weighted by atomic mass is 10.2. The smallest absolute Gasteiger partial charge is 0.363 e. The molecule has 3 aromatic rings. The van der Waals surface area contributed by atoms with Crippen molar-refractivity contribution in [1.29, 1.82) is 0 Å². The average molecular weight is 701 g/mol. The molecule has 11 heteroatoms. The van der Waals surface area contributed by atoms with Crippen molar-refractivity contribution in [3.63, 3.8) is 0 Å². The lowest BCUT2D eigenvalue weighted by molar-refractivity contribution is -0.384. The van der Waals surface area contributed by atoms with Gasteiger partial charge in [0.1, 0.15) is 0 Å². The van der Waals surface area contributed by atoms with E-state index in [-0.39, 0.29) is 27.9 Å². The maximum Gasteiger partial charge on any atom is 0.363 e. The fraction of sp³-hybridized carbons (Fsp3) is 0. The Bertz CT molecular complexity index is 1380. The third-order valence-corrected chi connectivity index (χ3v) is 6.46. The molecule has 1 aliphatic rings. The Balaban J connectivity index is 1.60. The van der Waals surface area contributed by atoms with E-state index in [4.69, 9.17) is 21.1 Å². The van der Waals surface area contributed by atoms with Crippen LogP contribution in [0.4, 0.5) is 5.69 Å². The number of halogens is 3. The lowest BCUT2D eigenvalue weighted by Gasteiger charge is -2.10. The van der Waals surface area contributed by atoms with Crippen molar-refractivity contribution in [2.45, 2.75) is 0 Å². The first-order valence-corrected chi connectivity index (χ1v) is 12.0.